The van der Waals surface area contributed by atoms with Gasteiger partial charge in [0.25, 0.3) is 11.6 Å². The first kappa shape index (κ1) is 22.8. The molecular formula is C23H26N4O5. The van der Waals surface area contributed by atoms with Gasteiger partial charge in [-0.25, -0.2) is 4.68 Å². The van der Waals surface area contributed by atoms with Crippen molar-refractivity contribution >= 4 is 11.6 Å². The summed E-state index contributed by atoms with van der Waals surface area (Å²) in [6, 6.07) is 11.2. The van der Waals surface area contributed by atoms with E-state index in [1.165, 1.54) is 23.0 Å². The van der Waals surface area contributed by atoms with E-state index >= 15 is 0 Å². The lowest BCUT2D eigenvalue weighted by Gasteiger charge is -2.17. The smallest absolute Gasteiger partial charge is 0.269 e. The maximum Gasteiger partial charge on any atom is 0.269 e. The molecule has 1 aromatic heterocycles. The summed E-state index contributed by atoms with van der Waals surface area (Å²) in [5.41, 5.74) is 1.85. The summed E-state index contributed by atoms with van der Waals surface area (Å²) < 4.78 is 12.7. The van der Waals surface area contributed by atoms with E-state index in [1.54, 1.807) is 25.4 Å². The van der Waals surface area contributed by atoms with Crippen LogP contribution in [0.25, 0.3) is 5.69 Å². The number of rotatable bonds is 9. The zero-order chi connectivity index (χ0) is 23.3. The van der Waals surface area contributed by atoms with Gasteiger partial charge in [-0.3, -0.25) is 14.9 Å². The third-order valence-electron chi connectivity index (χ3n) is 4.78. The second-order valence-electron chi connectivity index (χ2n) is 7.76. The predicted octanol–water partition coefficient (Wildman–Crippen LogP) is 4.31. The van der Waals surface area contributed by atoms with Crippen LogP contribution in [0.2, 0.25) is 0 Å². The van der Waals surface area contributed by atoms with Gasteiger partial charge in [0.05, 0.1) is 42.1 Å². The highest BCUT2D eigenvalue weighted by Crippen LogP contribution is 2.30. The fourth-order valence-corrected chi connectivity index (χ4v) is 3.00. The van der Waals surface area contributed by atoms with Crippen molar-refractivity contribution in [3.05, 3.63) is 76.1 Å². The second kappa shape index (κ2) is 9.95. The SMILES string of the molecule is COc1cc(C(C)NC(=O)c2cnn(-c3ccc([N+](=O)[O-])cc3)c2)ccc1OCC(C)C. The number of benzene rings is 2. The Morgan fingerprint density at radius 1 is 1.16 bits per heavy atom. The van der Waals surface area contributed by atoms with Crippen LogP contribution in [0.5, 0.6) is 11.5 Å². The van der Waals surface area contributed by atoms with Gasteiger partial charge in [-0.05, 0) is 42.7 Å². The normalized spacial score (nSPS) is 11.8. The highest BCUT2D eigenvalue weighted by atomic mass is 16.6. The fourth-order valence-electron chi connectivity index (χ4n) is 3.00. The molecule has 1 unspecified atom stereocenters. The van der Waals surface area contributed by atoms with Gasteiger partial charge in [0.1, 0.15) is 0 Å². The van der Waals surface area contributed by atoms with E-state index in [4.69, 9.17) is 9.47 Å². The zero-order valence-corrected chi connectivity index (χ0v) is 18.4. The van der Waals surface area contributed by atoms with Crippen molar-refractivity contribution in [3.63, 3.8) is 0 Å². The van der Waals surface area contributed by atoms with Crippen LogP contribution in [0, 0.1) is 16.0 Å². The predicted molar refractivity (Wildman–Crippen MR) is 119 cm³/mol. The molecule has 1 N–H and O–H groups in total. The third-order valence-corrected chi connectivity index (χ3v) is 4.78. The van der Waals surface area contributed by atoms with E-state index in [9.17, 15) is 14.9 Å². The number of carbonyl (C=O) groups excluding carboxylic acids is 1. The minimum atomic E-state index is -0.467. The molecule has 1 atom stereocenters. The summed E-state index contributed by atoms with van der Waals surface area (Å²) in [5, 5.41) is 17.9. The number of methoxy groups -OCH3 is 1. The summed E-state index contributed by atoms with van der Waals surface area (Å²) in [4.78, 5) is 23.0. The van der Waals surface area contributed by atoms with Gasteiger partial charge in [0, 0.05) is 18.3 Å². The van der Waals surface area contributed by atoms with Crippen LogP contribution < -0.4 is 14.8 Å². The largest absolute Gasteiger partial charge is 0.493 e. The molecule has 1 heterocycles. The fraction of sp³-hybridized carbons (Fsp3) is 0.304. The van der Waals surface area contributed by atoms with Crippen LogP contribution in [-0.4, -0.2) is 34.3 Å². The number of ether oxygens (including phenoxy) is 2. The molecule has 9 heteroatoms. The van der Waals surface area contributed by atoms with Gasteiger partial charge in [-0.2, -0.15) is 5.10 Å². The van der Waals surface area contributed by atoms with Crippen LogP contribution in [0.15, 0.2) is 54.9 Å². The van der Waals surface area contributed by atoms with Crippen LogP contribution in [0.3, 0.4) is 0 Å². The molecule has 0 aliphatic carbocycles. The van der Waals surface area contributed by atoms with Crippen molar-refractivity contribution in [1.29, 1.82) is 0 Å². The number of hydrogen-bond donors (Lipinski definition) is 1. The number of non-ortho nitro benzene ring substituents is 1. The van der Waals surface area contributed by atoms with Gasteiger partial charge in [-0.15, -0.1) is 0 Å². The summed E-state index contributed by atoms with van der Waals surface area (Å²) in [5.74, 6) is 1.37. The average Bonchev–Trinajstić information content (AvgIpc) is 3.28. The van der Waals surface area contributed by atoms with Gasteiger partial charge >= 0.3 is 0 Å². The van der Waals surface area contributed by atoms with Gasteiger partial charge in [0.2, 0.25) is 0 Å². The highest BCUT2D eigenvalue weighted by Gasteiger charge is 2.16. The van der Waals surface area contributed by atoms with E-state index in [0.717, 1.165) is 5.56 Å². The molecule has 9 nitrogen and oxygen atoms in total. The zero-order valence-electron chi connectivity index (χ0n) is 18.4. The van der Waals surface area contributed by atoms with E-state index in [-0.39, 0.29) is 17.6 Å². The van der Waals surface area contributed by atoms with E-state index in [1.807, 2.05) is 25.1 Å². The first-order valence-corrected chi connectivity index (χ1v) is 10.2. The Hall–Kier alpha value is -3.88. The third kappa shape index (κ3) is 5.42. The lowest BCUT2D eigenvalue weighted by Crippen LogP contribution is -2.26. The van der Waals surface area contributed by atoms with E-state index < -0.39 is 4.92 Å². The molecule has 0 saturated heterocycles. The number of hydrogen-bond acceptors (Lipinski definition) is 6. The number of carbonyl (C=O) groups is 1. The average molecular weight is 438 g/mol. The number of amides is 1. The summed E-state index contributed by atoms with van der Waals surface area (Å²) in [6.07, 6.45) is 3.03. The van der Waals surface area contributed by atoms with Crippen molar-refractivity contribution in [3.8, 4) is 17.2 Å². The van der Waals surface area contributed by atoms with Gasteiger partial charge in [0.15, 0.2) is 11.5 Å². The Bertz CT molecular complexity index is 1090. The number of aromatic nitrogens is 2. The topological polar surface area (TPSA) is 109 Å². The lowest BCUT2D eigenvalue weighted by molar-refractivity contribution is -0.384. The first-order valence-electron chi connectivity index (χ1n) is 10.2. The van der Waals surface area contributed by atoms with Crippen molar-refractivity contribution in [2.24, 2.45) is 5.92 Å². The first-order chi connectivity index (χ1) is 15.3. The second-order valence-corrected chi connectivity index (χ2v) is 7.76. The maximum absolute atomic E-state index is 12.7. The number of nitro groups is 1. The molecule has 2 aromatic carbocycles. The standard InChI is InChI=1S/C23H26N4O5/c1-15(2)14-32-21-10-5-17(11-22(21)31-4)16(3)25-23(28)18-12-24-26(13-18)19-6-8-20(9-7-19)27(29)30/h5-13,15-16H,14H2,1-4H3,(H,25,28). The van der Waals surface area contributed by atoms with Gasteiger partial charge < -0.3 is 14.8 Å². The van der Waals surface area contributed by atoms with Crippen LogP contribution in [-0.2, 0) is 0 Å². The molecule has 0 spiro atoms. The number of nitrogens with one attached hydrogen (secondary N) is 1. The molecular weight excluding hydrogens is 412 g/mol. The molecule has 0 saturated carbocycles. The number of nitrogens with zero attached hydrogens (tertiary/aromatic N) is 3. The Morgan fingerprint density at radius 3 is 2.50 bits per heavy atom. The molecule has 1 amide bonds. The molecule has 0 fully saturated rings. The minimum absolute atomic E-state index is 0.0104. The van der Waals surface area contributed by atoms with E-state index in [2.05, 4.69) is 24.3 Å². The Balaban J connectivity index is 1.68. The van der Waals surface area contributed by atoms with Crippen molar-refractivity contribution in [1.82, 2.24) is 15.1 Å². The van der Waals surface area contributed by atoms with Crippen LogP contribution >= 0.6 is 0 Å². The Morgan fingerprint density at radius 2 is 1.88 bits per heavy atom. The summed E-state index contributed by atoms with van der Waals surface area (Å²) >= 11 is 0. The minimum Gasteiger partial charge on any atom is -0.493 e. The molecule has 0 radical (unpaired) electrons. The monoisotopic (exact) mass is 438 g/mol. The number of nitro benzene ring substituents is 1. The molecule has 0 aliphatic heterocycles. The molecule has 3 aromatic rings. The van der Waals surface area contributed by atoms with Crippen molar-refractivity contribution < 1.29 is 19.2 Å². The molecule has 32 heavy (non-hydrogen) atoms. The van der Waals surface area contributed by atoms with Gasteiger partial charge in [-0.1, -0.05) is 19.9 Å². The molecule has 3 rings (SSSR count). The van der Waals surface area contributed by atoms with Crippen molar-refractivity contribution in [2.75, 3.05) is 13.7 Å². The molecule has 168 valence electrons. The quantitative estimate of drug-likeness (QED) is 0.394. The summed E-state index contributed by atoms with van der Waals surface area (Å²) in [6.45, 7) is 6.60. The summed E-state index contributed by atoms with van der Waals surface area (Å²) in [7, 11) is 1.58. The Kier molecular flexibility index (Phi) is 7.09. The lowest BCUT2D eigenvalue weighted by atomic mass is 10.1. The molecule has 0 aliphatic rings. The highest BCUT2D eigenvalue weighted by molar-refractivity contribution is 5.94. The maximum atomic E-state index is 12.7. The van der Waals surface area contributed by atoms with E-state index in [0.29, 0.717) is 35.3 Å². The Labute approximate surface area is 186 Å². The van der Waals surface area contributed by atoms with Crippen molar-refractivity contribution in [2.45, 2.75) is 26.8 Å². The van der Waals surface area contributed by atoms with Crippen LogP contribution in [0.4, 0.5) is 5.69 Å². The molecule has 0 bridgehead atoms. The van der Waals surface area contributed by atoms with Crippen LogP contribution in [0.1, 0.15) is 42.7 Å².